The quantitative estimate of drug-likeness (QED) is 0.393. The maximum Gasteiger partial charge on any atom is 0.455 e. The Hall–Kier alpha value is -2.69. The Balaban J connectivity index is 1.54. The number of amides is 3. The lowest BCUT2D eigenvalue weighted by atomic mass is 9.59. The fraction of sp³-hybridized carbons (Fsp3) is 0.522. The van der Waals surface area contributed by atoms with E-state index in [1.807, 2.05) is 19.9 Å². The van der Waals surface area contributed by atoms with Gasteiger partial charge in [0.2, 0.25) is 11.8 Å². The molecule has 2 aliphatic heterocycles. The van der Waals surface area contributed by atoms with E-state index in [2.05, 4.69) is 4.74 Å². The number of imide groups is 3. The molecule has 1 aliphatic carbocycles. The lowest BCUT2D eigenvalue weighted by molar-refractivity contribution is -0.137. The number of methoxy groups -OCH3 is 1. The molecule has 176 valence electrons. The molecule has 3 heterocycles. The number of aliphatic hydroxyl groups excluding tert-OH is 1. The zero-order valence-corrected chi connectivity index (χ0v) is 18.9. The average Bonchev–Trinajstić information content (AvgIpc) is 3.33. The lowest BCUT2D eigenvalue weighted by Crippen LogP contribution is -2.46. The second-order valence-electron chi connectivity index (χ2n) is 8.97. The molecule has 4 atom stereocenters. The highest BCUT2D eigenvalue weighted by Crippen LogP contribution is 2.50. The summed E-state index contributed by atoms with van der Waals surface area (Å²) >= 11 is 0. The minimum Gasteiger partial charge on any atom is -0.459 e. The third kappa shape index (κ3) is 4.30. The first kappa shape index (κ1) is 23.5. The SMILES string of the molecule is COC(=O)N1C(=O)[C@@H]2[C@@H](CC(C)=C3[C@@H](CC/C(C)=C/c4ccc(CO)o4)OB(O)C[C@@H]32)C1=O. The highest BCUT2D eigenvalue weighted by Gasteiger charge is 2.58. The summed E-state index contributed by atoms with van der Waals surface area (Å²) in [7, 11) is 0.0730. The summed E-state index contributed by atoms with van der Waals surface area (Å²) < 4.78 is 16.0. The van der Waals surface area contributed by atoms with Gasteiger partial charge in [0.15, 0.2) is 0 Å². The minimum absolute atomic E-state index is 0.160. The van der Waals surface area contributed by atoms with Crippen molar-refractivity contribution in [2.45, 2.75) is 52.1 Å². The molecule has 1 aromatic rings. The predicted molar refractivity (Wildman–Crippen MR) is 117 cm³/mol. The van der Waals surface area contributed by atoms with Crippen LogP contribution in [-0.2, 0) is 25.6 Å². The summed E-state index contributed by atoms with van der Waals surface area (Å²) in [6, 6.07) is 3.50. The van der Waals surface area contributed by atoms with Crippen molar-refractivity contribution in [3.8, 4) is 0 Å². The van der Waals surface area contributed by atoms with Crippen molar-refractivity contribution in [3.63, 3.8) is 0 Å². The summed E-state index contributed by atoms with van der Waals surface area (Å²) in [5.41, 5.74) is 2.94. The molecular formula is C23H28BNO8. The number of nitrogens with zero attached hydrogens (tertiary/aromatic N) is 1. The Morgan fingerprint density at radius 2 is 2.06 bits per heavy atom. The number of allylic oxidation sites excluding steroid dienone is 2. The van der Waals surface area contributed by atoms with Gasteiger partial charge in [-0.25, -0.2) is 4.79 Å². The number of rotatable bonds is 5. The maximum atomic E-state index is 13.0. The van der Waals surface area contributed by atoms with Crippen molar-refractivity contribution < 1.29 is 38.3 Å². The van der Waals surface area contributed by atoms with Gasteiger partial charge in [0.25, 0.3) is 0 Å². The third-order valence-electron chi connectivity index (χ3n) is 6.84. The van der Waals surface area contributed by atoms with Gasteiger partial charge in [0.05, 0.1) is 25.0 Å². The molecule has 0 spiro atoms. The van der Waals surface area contributed by atoms with Crippen molar-refractivity contribution in [1.29, 1.82) is 0 Å². The molecule has 3 amide bonds. The minimum atomic E-state index is -1.06. The Bertz CT molecular complexity index is 1030. The van der Waals surface area contributed by atoms with Crippen molar-refractivity contribution >= 4 is 31.1 Å². The van der Waals surface area contributed by atoms with Crippen molar-refractivity contribution in [2.75, 3.05) is 7.11 Å². The van der Waals surface area contributed by atoms with E-state index in [4.69, 9.17) is 14.2 Å². The van der Waals surface area contributed by atoms with Gasteiger partial charge in [0, 0.05) is 0 Å². The average molecular weight is 457 g/mol. The molecule has 0 unspecified atom stereocenters. The van der Waals surface area contributed by atoms with Crippen LogP contribution in [0.1, 0.15) is 44.6 Å². The zero-order chi connectivity index (χ0) is 23.9. The number of hydrogen-bond acceptors (Lipinski definition) is 8. The molecule has 3 aliphatic rings. The summed E-state index contributed by atoms with van der Waals surface area (Å²) in [5.74, 6) is -1.66. The molecule has 0 aromatic carbocycles. The molecule has 1 aromatic heterocycles. The van der Waals surface area contributed by atoms with Crippen molar-refractivity contribution in [1.82, 2.24) is 4.90 Å². The predicted octanol–water partition coefficient (Wildman–Crippen LogP) is 2.54. The van der Waals surface area contributed by atoms with Crippen molar-refractivity contribution in [3.05, 3.63) is 40.4 Å². The number of ether oxygens (including phenoxy) is 1. The Labute approximate surface area is 192 Å². The van der Waals surface area contributed by atoms with Crippen LogP contribution in [0.3, 0.4) is 0 Å². The number of likely N-dealkylation sites (tertiary alicyclic amines) is 1. The summed E-state index contributed by atoms with van der Waals surface area (Å²) in [6.45, 7) is 3.73. The fourth-order valence-corrected chi connectivity index (χ4v) is 5.42. The molecule has 2 saturated heterocycles. The molecule has 0 radical (unpaired) electrons. The molecule has 9 nitrogen and oxygen atoms in total. The standard InChI is InChI=1S/C23H28BNO8/c1-12(8-14-5-6-15(11-26)32-14)4-7-18-19-13(2)9-16-20(17(19)10-24(30)33-18)22(28)25(21(16)27)23(29)31-3/h5-6,8,16-18,20,26,30H,4,7,9-11H2,1-3H3/b12-8+/t16-,17+,18-,20-/m1/s1. The van der Waals surface area contributed by atoms with Gasteiger partial charge in [-0.3, -0.25) is 9.59 Å². The number of carbonyl (C=O) groups excluding carboxylic acids is 3. The fourth-order valence-electron chi connectivity index (χ4n) is 5.42. The van der Waals surface area contributed by atoms with E-state index in [1.54, 1.807) is 12.1 Å². The molecule has 0 bridgehead atoms. The van der Waals surface area contributed by atoms with E-state index >= 15 is 0 Å². The Morgan fingerprint density at radius 1 is 1.30 bits per heavy atom. The van der Waals surface area contributed by atoms with Gasteiger partial charge < -0.3 is 23.9 Å². The van der Waals surface area contributed by atoms with Crippen LogP contribution in [0.5, 0.6) is 0 Å². The molecule has 33 heavy (non-hydrogen) atoms. The second-order valence-corrected chi connectivity index (χ2v) is 8.97. The van der Waals surface area contributed by atoms with Crippen LogP contribution in [-0.4, -0.2) is 53.3 Å². The van der Waals surface area contributed by atoms with E-state index in [0.29, 0.717) is 35.7 Å². The largest absolute Gasteiger partial charge is 0.459 e. The first-order chi connectivity index (χ1) is 15.7. The van der Waals surface area contributed by atoms with E-state index < -0.39 is 43.0 Å². The number of furan rings is 1. The number of aliphatic hydroxyl groups is 1. The molecule has 4 rings (SSSR count). The first-order valence-electron chi connectivity index (χ1n) is 11.1. The third-order valence-corrected chi connectivity index (χ3v) is 6.84. The van der Waals surface area contributed by atoms with Crippen LogP contribution in [0.4, 0.5) is 4.79 Å². The van der Waals surface area contributed by atoms with E-state index in [-0.39, 0.29) is 18.8 Å². The Morgan fingerprint density at radius 3 is 2.73 bits per heavy atom. The van der Waals surface area contributed by atoms with Crippen LogP contribution in [0.2, 0.25) is 6.32 Å². The van der Waals surface area contributed by atoms with Gasteiger partial charge in [-0.05, 0) is 69.1 Å². The van der Waals surface area contributed by atoms with E-state index in [1.165, 1.54) is 0 Å². The monoisotopic (exact) mass is 457 g/mol. The molecular weight excluding hydrogens is 429 g/mol. The van der Waals surface area contributed by atoms with Gasteiger partial charge in [0.1, 0.15) is 18.1 Å². The topological polar surface area (TPSA) is 127 Å². The van der Waals surface area contributed by atoms with Crippen LogP contribution in [0, 0.1) is 17.8 Å². The van der Waals surface area contributed by atoms with E-state index in [9.17, 15) is 19.4 Å². The van der Waals surface area contributed by atoms with Gasteiger partial charge in [-0.15, -0.1) is 0 Å². The molecule has 0 saturated carbocycles. The molecule has 10 heteroatoms. The normalized spacial score (nSPS) is 27.7. The summed E-state index contributed by atoms with van der Waals surface area (Å²) in [4.78, 5) is 38.5. The smallest absolute Gasteiger partial charge is 0.455 e. The van der Waals surface area contributed by atoms with E-state index in [0.717, 1.165) is 23.8 Å². The highest BCUT2D eigenvalue weighted by molar-refractivity contribution is 6.43. The van der Waals surface area contributed by atoms with Gasteiger partial charge in [-0.2, -0.15) is 4.90 Å². The zero-order valence-electron chi connectivity index (χ0n) is 18.9. The maximum absolute atomic E-state index is 13.0. The molecule has 2 N–H and O–H groups in total. The van der Waals surface area contributed by atoms with Crippen LogP contribution < -0.4 is 0 Å². The van der Waals surface area contributed by atoms with Gasteiger partial charge in [-0.1, -0.05) is 11.1 Å². The highest BCUT2D eigenvalue weighted by atomic mass is 16.5. The summed E-state index contributed by atoms with van der Waals surface area (Å²) in [5, 5.41) is 19.6. The number of carbonyl (C=O) groups is 3. The van der Waals surface area contributed by atoms with Crippen LogP contribution in [0.15, 0.2) is 33.3 Å². The number of fused-ring (bicyclic) bond motifs is 3. The van der Waals surface area contributed by atoms with Gasteiger partial charge >= 0.3 is 13.2 Å². The summed E-state index contributed by atoms with van der Waals surface area (Å²) in [6.07, 6.45) is 2.33. The van der Waals surface area contributed by atoms with Crippen LogP contribution in [0.25, 0.3) is 6.08 Å². The lowest BCUT2D eigenvalue weighted by Gasteiger charge is -2.42. The Kier molecular flexibility index (Phi) is 6.60. The number of hydrogen-bond donors (Lipinski definition) is 2. The van der Waals surface area contributed by atoms with Crippen LogP contribution >= 0.6 is 0 Å². The first-order valence-corrected chi connectivity index (χ1v) is 11.1. The second kappa shape index (κ2) is 9.28. The molecule has 2 fully saturated rings. The van der Waals surface area contributed by atoms with Crippen molar-refractivity contribution in [2.24, 2.45) is 17.8 Å².